The zero-order valence-corrected chi connectivity index (χ0v) is 12.5. The van der Waals surface area contributed by atoms with Crippen LogP contribution in [0.4, 0.5) is 0 Å². The molecule has 0 radical (unpaired) electrons. The van der Waals surface area contributed by atoms with Crippen molar-refractivity contribution in [3.05, 3.63) is 23.8 Å². The largest absolute Gasteiger partial charge is 0.497 e. The predicted molar refractivity (Wildman–Crippen MR) is 80.4 cm³/mol. The van der Waals surface area contributed by atoms with E-state index in [-0.39, 0.29) is 0 Å². The van der Waals surface area contributed by atoms with Gasteiger partial charge in [0, 0.05) is 24.1 Å². The molecule has 1 heterocycles. The zero-order chi connectivity index (χ0) is 13.9. The van der Waals surface area contributed by atoms with Crippen molar-refractivity contribution in [3.8, 4) is 11.5 Å². The molecule has 1 aliphatic heterocycles. The van der Waals surface area contributed by atoms with Gasteiger partial charge in [-0.2, -0.15) is 0 Å². The average molecular weight is 275 g/mol. The summed E-state index contributed by atoms with van der Waals surface area (Å²) in [5.74, 6) is 2.63. The lowest BCUT2D eigenvalue weighted by Gasteiger charge is -2.35. The maximum absolute atomic E-state index is 6.31. The van der Waals surface area contributed by atoms with Crippen LogP contribution in [0, 0.1) is 5.92 Å². The van der Waals surface area contributed by atoms with Crippen molar-refractivity contribution in [2.24, 2.45) is 5.92 Å². The van der Waals surface area contributed by atoms with Crippen molar-refractivity contribution in [1.82, 2.24) is 5.32 Å². The highest BCUT2D eigenvalue weighted by Gasteiger charge is 2.34. The van der Waals surface area contributed by atoms with Crippen LogP contribution >= 0.6 is 0 Å². The minimum absolute atomic E-state index is 0.362. The third-order valence-corrected chi connectivity index (χ3v) is 4.72. The van der Waals surface area contributed by atoms with Gasteiger partial charge >= 0.3 is 0 Å². The van der Waals surface area contributed by atoms with E-state index >= 15 is 0 Å². The third-order valence-electron chi connectivity index (χ3n) is 4.72. The third kappa shape index (κ3) is 2.64. The van der Waals surface area contributed by atoms with E-state index in [4.69, 9.17) is 9.47 Å². The molecule has 0 amide bonds. The number of methoxy groups -OCH3 is 1. The minimum atomic E-state index is 0.362. The molecular formula is C17H25NO2. The monoisotopic (exact) mass is 275 g/mol. The van der Waals surface area contributed by atoms with Crippen LogP contribution in [0.2, 0.25) is 0 Å². The van der Waals surface area contributed by atoms with Crippen molar-refractivity contribution < 1.29 is 9.47 Å². The summed E-state index contributed by atoms with van der Waals surface area (Å²) >= 11 is 0. The number of hydrogen-bond donors (Lipinski definition) is 1. The van der Waals surface area contributed by atoms with Crippen molar-refractivity contribution in [3.63, 3.8) is 0 Å². The van der Waals surface area contributed by atoms with Crippen molar-refractivity contribution in [1.29, 1.82) is 0 Å². The first-order valence-electron chi connectivity index (χ1n) is 7.89. The Morgan fingerprint density at radius 2 is 2.10 bits per heavy atom. The Bertz CT molecular complexity index is 454. The van der Waals surface area contributed by atoms with Gasteiger partial charge in [-0.3, -0.25) is 0 Å². The molecule has 20 heavy (non-hydrogen) atoms. The van der Waals surface area contributed by atoms with Crippen LogP contribution in [0.1, 0.15) is 50.6 Å². The summed E-state index contributed by atoms with van der Waals surface area (Å²) in [6.07, 6.45) is 6.83. The first kappa shape index (κ1) is 13.7. The Hall–Kier alpha value is -1.22. The SMILES string of the molecule is CCNC1CC(C2CCCC2)Oc2cc(OC)ccc21. The Morgan fingerprint density at radius 3 is 2.80 bits per heavy atom. The Balaban J connectivity index is 1.86. The molecule has 1 aliphatic carbocycles. The van der Waals surface area contributed by atoms with Crippen LogP contribution < -0.4 is 14.8 Å². The first-order chi connectivity index (χ1) is 9.81. The molecule has 0 spiro atoms. The molecule has 3 rings (SSSR count). The number of benzene rings is 1. The van der Waals surface area contributed by atoms with Crippen LogP contribution in [-0.2, 0) is 0 Å². The van der Waals surface area contributed by atoms with Crippen LogP contribution in [0.15, 0.2) is 18.2 Å². The molecule has 0 bridgehead atoms. The highest BCUT2D eigenvalue weighted by atomic mass is 16.5. The second-order valence-corrected chi connectivity index (χ2v) is 5.95. The van der Waals surface area contributed by atoms with Crippen LogP contribution in [0.25, 0.3) is 0 Å². The summed E-state index contributed by atoms with van der Waals surface area (Å²) in [6, 6.07) is 6.63. The highest BCUT2D eigenvalue weighted by molar-refractivity contribution is 5.44. The minimum Gasteiger partial charge on any atom is -0.497 e. The number of fused-ring (bicyclic) bond motifs is 1. The Kier molecular flexibility index (Phi) is 4.16. The van der Waals surface area contributed by atoms with Crippen molar-refractivity contribution in [2.75, 3.05) is 13.7 Å². The van der Waals surface area contributed by atoms with Crippen molar-refractivity contribution in [2.45, 2.75) is 51.2 Å². The fourth-order valence-corrected chi connectivity index (χ4v) is 3.66. The lowest BCUT2D eigenvalue weighted by molar-refractivity contribution is 0.0947. The molecule has 2 unspecified atom stereocenters. The van der Waals surface area contributed by atoms with E-state index in [9.17, 15) is 0 Å². The maximum Gasteiger partial charge on any atom is 0.128 e. The molecule has 1 fully saturated rings. The second kappa shape index (κ2) is 6.04. The van der Waals surface area contributed by atoms with Crippen LogP contribution in [0.3, 0.4) is 0 Å². The maximum atomic E-state index is 6.31. The van der Waals surface area contributed by atoms with Crippen LogP contribution in [0.5, 0.6) is 11.5 Å². The summed E-state index contributed by atoms with van der Waals surface area (Å²) in [5.41, 5.74) is 1.28. The molecule has 110 valence electrons. The zero-order valence-electron chi connectivity index (χ0n) is 12.5. The molecule has 2 aliphatic rings. The van der Waals surface area contributed by atoms with E-state index in [1.165, 1.54) is 31.2 Å². The number of nitrogens with one attached hydrogen (secondary N) is 1. The van der Waals surface area contributed by atoms with Gasteiger partial charge in [0.25, 0.3) is 0 Å². The van der Waals surface area contributed by atoms with E-state index in [2.05, 4.69) is 18.3 Å². The van der Waals surface area contributed by atoms with E-state index in [0.29, 0.717) is 12.1 Å². The molecule has 1 N–H and O–H groups in total. The summed E-state index contributed by atoms with van der Waals surface area (Å²) in [5, 5.41) is 3.61. The standard InChI is InChI=1S/C17H25NO2/c1-3-18-15-11-16(12-6-4-5-7-12)20-17-10-13(19-2)8-9-14(15)17/h8-10,12,15-16,18H,3-7,11H2,1-2H3. The molecule has 0 aromatic heterocycles. The number of hydrogen-bond acceptors (Lipinski definition) is 3. The summed E-state index contributed by atoms with van der Waals surface area (Å²) < 4.78 is 11.7. The van der Waals surface area contributed by atoms with E-state index in [1.807, 2.05) is 12.1 Å². The lowest BCUT2D eigenvalue weighted by atomic mass is 9.89. The van der Waals surface area contributed by atoms with Crippen LogP contribution in [-0.4, -0.2) is 19.8 Å². The molecule has 1 aromatic carbocycles. The smallest absolute Gasteiger partial charge is 0.128 e. The van der Waals surface area contributed by atoms with Crippen molar-refractivity contribution >= 4 is 0 Å². The van der Waals surface area contributed by atoms with E-state index in [1.54, 1.807) is 7.11 Å². The highest BCUT2D eigenvalue weighted by Crippen LogP contribution is 2.42. The van der Waals surface area contributed by atoms with Gasteiger partial charge in [0.15, 0.2) is 0 Å². The number of rotatable bonds is 4. The van der Waals surface area contributed by atoms with E-state index < -0.39 is 0 Å². The summed E-state index contributed by atoms with van der Waals surface area (Å²) in [7, 11) is 1.71. The number of ether oxygens (including phenoxy) is 2. The fraction of sp³-hybridized carbons (Fsp3) is 0.647. The molecule has 1 saturated carbocycles. The molecule has 2 atom stereocenters. The molecular weight excluding hydrogens is 250 g/mol. The van der Waals surface area contributed by atoms with Gasteiger partial charge in [0.05, 0.1) is 7.11 Å². The van der Waals surface area contributed by atoms with Gasteiger partial charge in [0.1, 0.15) is 17.6 Å². The summed E-state index contributed by atoms with van der Waals surface area (Å²) in [6.45, 7) is 3.16. The lowest BCUT2D eigenvalue weighted by Crippen LogP contribution is -2.36. The Morgan fingerprint density at radius 1 is 1.30 bits per heavy atom. The van der Waals surface area contributed by atoms with Gasteiger partial charge in [-0.15, -0.1) is 0 Å². The second-order valence-electron chi connectivity index (χ2n) is 5.95. The normalized spacial score (nSPS) is 26.1. The predicted octanol–water partition coefficient (Wildman–Crippen LogP) is 3.69. The van der Waals surface area contributed by atoms with Gasteiger partial charge in [-0.05, 0) is 31.4 Å². The van der Waals surface area contributed by atoms with Gasteiger partial charge < -0.3 is 14.8 Å². The topological polar surface area (TPSA) is 30.5 Å². The molecule has 0 saturated heterocycles. The molecule has 3 nitrogen and oxygen atoms in total. The summed E-state index contributed by atoms with van der Waals surface area (Å²) in [4.78, 5) is 0. The average Bonchev–Trinajstić information content (AvgIpc) is 3.01. The van der Waals surface area contributed by atoms with Gasteiger partial charge in [-0.25, -0.2) is 0 Å². The van der Waals surface area contributed by atoms with Gasteiger partial charge in [0.2, 0.25) is 0 Å². The molecule has 1 aromatic rings. The Labute approximate surface area is 121 Å². The quantitative estimate of drug-likeness (QED) is 0.909. The fourth-order valence-electron chi connectivity index (χ4n) is 3.66. The van der Waals surface area contributed by atoms with E-state index in [0.717, 1.165) is 30.4 Å². The van der Waals surface area contributed by atoms with Gasteiger partial charge in [-0.1, -0.05) is 25.8 Å². The molecule has 3 heteroatoms. The first-order valence-corrected chi connectivity index (χ1v) is 7.89.